The second-order valence-corrected chi connectivity index (χ2v) is 15.9. The molecule has 258 valence electrons. The Balaban J connectivity index is 1.48. The first-order valence-corrected chi connectivity index (χ1v) is 19.3. The largest absolute Gasteiger partial charge is 0.469 e. The fraction of sp³-hybridized carbons (Fsp3) is 0.600. The van der Waals surface area contributed by atoms with Crippen LogP contribution in [0.3, 0.4) is 0 Å². The number of carbonyl (C=O) groups excluding carboxylic acids is 2. The fourth-order valence-corrected chi connectivity index (χ4v) is 9.96. The Kier molecular flexibility index (Phi) is 10.4. The Morgan fingerprint density at radius 2 is 1.85 bits per heavy atom. The van der Waals surface area contributed by atoms with Crippen molar-refractivity contribution >= 4 is 41.0 Å². The second-order valence-electron chi connectivity index (χ2n) is 14.5. The van der Waals surface area contributed by atoms with Crippen LogP contribution in [0.4, 0.5) is 0 Å². The normalized spacial score (nSPS) is 23.8. The number of ketones is 1. The maximum Gasteiger partial charge on any atom is 0.305 e. The number of nitrogens with one attached hydrogen (secondary N) is 2. The van der Waals surface area contributed by atoms with Crippen molar-refractivity contribution in [3.63, 3.8) is 0 Å². The van der Waals surface area contributed by atoms with Crippen LogP contribution in [-0.4, -0.2) is 46.0 Å². The SMILES string of the molecule is CCCCCCSC(C)c1c2[nH]c(c1C)C=C1N=C(C3CC(=O)c4c3[nH]c(c4C)CC3=NC(=C(C)C3CC)C2)[C@@H](CCC(=O)OC)C1C. The van der Waals surface area contributed by atoms with Gasteiger partial charge in [-0.25, -0.2) is 0 Å². The molecule has 5 heterocycles. The summed E-state index contributed by atoms with van der Waals surface area (Å²) in [5.74, 6) is 1.47. The number of thioether (sulfide) groups is 1. The molecular formula is C40H54N4O3S. The number of hydrogen-bond donors (Lipinski definition) is 2. The zero-order valence-corrected chi connectivity index (χ0v) is 31.1. The molecule has 2 aromatic heterocycles. The lowest BCUT2D eigenvalue weighted by atomic mass is 9.81. The summed E-state index contributed by atoms with van der Waals surface area (Å²) in [6.07, 6.45) is 11.2. The zero-order chi connectivity index (χ0) is 34.3. The van der Waals surface area contributed by atoms with Crippen LogP contribution in [0.25, 0.3) is 6.08 Å². The molecule has 4 unspecified atom stereocenters. The molecule has 0 aromatic carbocycles. The first kappa shape index (κ1) is 34.7. The van der Waals surface area contributed by atoms with E-state index >= 15 is 0 Å². The van der Waals surface area contributed by atoms with E-state index < -0.39 is 0 Å². The van der Waals surface area contributed by atoms with Crippen molar-refractivity contribution < 1.29 is 14.3 Å². The van der Waals surface area contributed by atoms with Crippen molar-refractivity contribution in [1.29, 1.82) is 0 Å². The van der Waals surface area contributed by atoms with Gasteiger partial charge in [0.25, 0.3) is 0 Å². The van der Waals surface area contributed by atoms with E-state index in [0.717, 1.165) is 58.2 Å². The highest BCUT2D eigenvalue weighted by atomic mass is 32.2. The molecule has 2 aromatic rings. The number of rotatable bonds is 11. The van der Waals surface area contributed by atoms with E-state index in [1.165, 1.54) is 66.6 Å². The molecule has 0 amide bonds. The number of Topliss-reactive ketones (excluding diaryl/α,β-unsaturated/α-hetero) is 1. The first-order valence-electron chi connectivity index (χ1n) is 18.3. The van der Waals surface area contributed by atoms with Crippen LogP contribution in [0.15, 0.2) is 27.0 Å². The first-order chi connectivity index (χ1) is 23.1. The van der Waals surface area contributed by atoms with Crippen LogP contribution < -0.4 is 0 Å². The second kappa shape index (κ2) is 14.4. The van der Waals surface area contributed by atoms with Gasteiger partial charge in [-0.2, -0.15) is 11.8 Å². The Morgan fingerprint density at radius 1 is 1.06 bits per heavy atom. The van der Waals surface area contributed by atoms with E-state index in [-0.39, 0.29) is 29.5 Å². The Labute approximate surface area is 291 Å². The molecule has 1 aliphatic carbocycles. The third kappa shape index (κ3) is 6.34. The smallest absolute Gasteiger partial charge is 0.305 e. The third-order valence-corrected chi connectivity index (χ3v) is 12.9. The number of methoxy groups -OCH3 is 1. The van der Waals surface area contributed by atoms with E-state index in [2.05, 4.69) is 76.3 Å². The van der Waals surface area contributed by atoms with Crippen LogP contribution >= 0.6 is 11.8 Å². The van der Waals surface area contributed by atoms with E-state index in [4.69, 9.17) is 14.7 Å². The number of aliphatic imine (C=N–C) groups is 2. The van der Waals surface area contributed by atoms with Gasteiger partial charge in [-0.1, -0.05) is 40.0 Å². The molecule has 0 spiro atoms. The number of fused-ring (bicyclic) bond motifs is 6. The van der Waals surface area contributed by atoms with Crippen molar-refractivity contribution in [2.24, 2.45) is 27.7 Å². The summed E-state index contributed by atoms with van der Waals surface area (Å²) in [6.45, 7) is 15.7. The van der Waals surface area contributed by atoms with Gasteiger partial charge in [0.2, 0.25) is 0 Å². The molecule has 4 aliphatic rings. The minimum Gasteiger partial charge on any atom is -0.469 e. The van der Waals surface area contributed by atoms with E-state index in [0.29, 0.717) is 36.9 Å². The third-order valence-electron chi connectivity index (χ3n) is 11.6. The van der Waals surface area contributed by atoms with Gasteiger partial charge in [-0.15, -0.1) is 0 Å². The maximum absolute atomic E-state index is 13.6. The van der Waals surface area contributed by atoms with Crippen LogP contribution in [0.5, 0.6) is 0 Å². The Morgan fingerprint density at radius 3 is 2.58 bits per heavy atom. The number of hydrogen-bond acceptors (Lipinski definition) is 6. The summed E-state index contributed by atoms with van der Waals surface area (Å²) in [5, 5.41) is 0.357. The minimum atomic E-state index is -0.208. The van der Waals surface area contributed by atoms with Gasteiger partial charge >= 0.3 is 5.97 Å². The van der Waals surface area contributed by atoms with Crippen molar-refractivity contribution in [3.05, 3.63) is 62.0 Å². The highest BCUT2D eigenvalue weighted by molar-refractivity contribution is 7.99. The summed E-state index contributed by atoms with van der Waals surface area (Å²) in [7, 11) is 1.45. The number of aromatic nitrogens is 2. The van der Waals surface area contributed by atoms with Crippen molar-refractivity contribution in [2.45, 2.75) is 124 Å². The molecular weight excluding hydrogens is 617 g/mol. The molecule has 2 N–H and O–H groups in total. The monoisotopic (exact) mass is 670 g/mol. The molecule has 3 aliphatic heterocycles. The average Bonchev–Trinajstić information content (AvgIpc) is 3.82. The molecule has 48 heavy (non-hydrogen) atoms. The summed E-state index contributed by atoms with van der Waals surface area (Å²) in [6, 6.07) is 0. The van der Waals surface area contributed by atoms with Gasteiger partial charge in [0.05, 0.1) is 7.11 Å². The standard InChI is InChI=1S/C40H54N4O3S/c1-9-11-12-13-16-48-25(7)37-23(5)31-18-30-22(4)27(14-15-36(46)47-8)39(43-30)28-17-35(45)38-24(6)32(44-40(28)38)19-33-26(10-2)21(3)29(41-33)20-34(37)42-31/h18,22,25-28,42,44H,9-17,19-20H2,1-8H3/t22?,25?,26?,27-,28?/m0/s1. The summed E-state index contributed by atoms with van der Waals surface area (Å²) >= 11 is 2.06. The number of esters is 1. The van der Waals surface area contributed by atoms with Crippen molar-refractivity contribution in [3.8, 4) is 0 Å². The zero-order valence-electron chi connectivity index (χ0n) is 30.3. The van der Waals surface area contributed by atoms with E-state index in [9.17, 15) is 9.59 Å². The molecule has 0 saturated carbocycles. The molecule has 0 fully saturated rings. The van der Waals surface area contributed by atoms with Crippen LogP contribution in [0, 0.1) is 31.6 Å². The average molecular weight is 671 g/mol. The van der Waals surface area contributed by atoms with Gasteiger partial charge in [-0.05, 0) is 81.0 Å². The lowest BCUT2D eigenvalue weighted by molar-refractivity contribution is -0.140. The molecule has 0 radical (unpaired) electrons. The molecule has 6 rings (SSSR count). The van der Waals surface area contributed by atoms with Gasteiger partial charge < -0.3 is 14.7 Å². The highest BCUT2D eigenvalue weighted by Gasteiger charge is 2.44. The maximum atomic E-state index is 13.6. The van der Waals surface area contributed by atoms with Crippen LogP contribution in [0.1, 0.15) is 147 Å². The topological polar surface area (TPSA) is 99.7 Å². The molecule has 5 atom stereocenters. The Hall–Kier alpha value is -3.13. The van der Waals surface area contributed by atoms with Gasteiger partial charge in [0, 0.05) is 106 Å². The number of carbonyl (C=O) groups is 2. The van der Waals surface area contributed by atoms with Crippen LogP contribution in [-0.2, 0) is 22.4 Å². The van der Waals surface area contributed by atoms with Crippen LogP contribution in [0.2, 0.25) is 0 Å². The van der Waals surface area contributed by atoms with Crippen molar-refractivity contribution in [2.75, 3.05) is 12.9 Å². The quantitative estimate of drug-likeness (QED) is 0.184. The van der Waals surface area contributed by atoms with E-state index in [1.807, 2.05) is 0 Å². The summed E-state index contributed by atoms with van der Waals surface area (Å²) in [5.41, 5.74) is 14.8. The van der Waals surface area contributed by atoms with E-state index in [1.54, 1.807) is 0 Å². The minimum absolute atomic E-state index is 0.0475. The number of unbranched alkanes of at least 4 members (excludes halogenated alkanes) is 3. The Bertz CT molecular complexity index is 1720. The number of aromatic amines is 2. The number of H-pyrrole nitrogens is 2. The number of nitrogens with zero attached hydrogens (tertiary/aromatic N) is 2. The fourth-order valence-electron chi connectivity index (χ4n) is 8.75. The molecule has 7 nitrogen and oxygen atoms in total. The predicted molar refractivity (Wildman–Crippen MR) is 198 cm³/mol. The predicted octanol–water partition coefficient (Wildman–Crippen LogP) is 9.56. The molecule has 8 heteroatoms. The van der Waals surface area contributed by atoms with Gasteiger partial charge in [0.15, 0.2) is 5.78 Å². The summed E-state index contributed by atoms with van der Waals surface area (Å²) < 4.78 is 5.04. The van der Waals surface area contributed by atoms with Gasteiger partial charge in [0.1, 0.15) is 0 Å². The van der Waals surface area contributed by atoms with Gasteiger partial charge in [-0.3, -0.25) is 19.6 Å². The number of ether oxygens (including phenoxy) is 1. The van der Waals surface area contributed by atoms with Crippen molar-refractivity contribution in [1.82, 2.24) is 9.97 Å². The lowest BCUT2D eigenvalue weighted by Crippen LogP contribution is -2.23. The molecule has 8 bridgehead atoms. The lowest BCUT2D eigenvalue weighted by Gasteiger charge is -2.21. The number of allylic oxidation sites excluding steroid dienone is 3. The molecule has 0 saturated heterocycles. The highest BCUT2D eigenvalue weighted by Crippen LogP contribution is 2.47. The summed E-state index contributed by atoms with van der Waals surface area (Å²) in [4.78, 5) is 44.4.